The summed E-state index contributed by atoms with van der Waals surface area (Å²) in [5, 5.41) is 0. The molecule has 0 aliphatic carbocycles. The third kappa shape index (κ3) is 3.94. The van der Waals surface area contributed by atoms with Gasteiger partial charge in [0.1, 0.15) is 11.6 Å². The van der Waals surface area contributed by atoms with Crippen molar-refractivity contribution in [2.24, 2.45) is 5.92 Å². The highest BCUT2D eigenvalue weighted by Crippen LogP contribution is 2.15. The molecule has 0 saturated carbocycles. The highest BCUT2D eigenvalue weighted by molar-refractivity contribution is 6.10. The molecule has 0 saturated heterocycles. The van der Waals surface area contributed by atoms with E-state index in [-0.39, 0.29) is 23.8 Å². The molecule has 0 aliphatic heterocycles. The van der Waals surface area contributed by atoms with Crippen LogP contribution >= 0.6 is 0 Å². The zero-order valence-electron chi connectivity index (χ0n) is 10.1. The molecular formula is C14H16O3. The van der Waals surface area contributed by atoms with E-state index in [1.54, 1.807) is 24.3 Å². The first-order valence-corrected chi connectivity index (χ1v) is 5.61. The third-order valence-corrected chi connectivity index (χ3v) is 2.65. The Labute approximate surface area is 101 Å². The first-order valence-electron chi connectivity index (χ1n) is 5.61. The molecule has 0 amide bonds. The summed E-state index contributed by atoms with van der Waals surface area (Å²) < 4.78 is 0. The SMILES string of the molecule is CC(=O)CCC(C(C)=O)C(=O)c1ccccc1. The molecule has 0 fully saturated rings. The Kier molecular flexibility index (Phi) is 4.76. The van der Waals surface area contributed by atoms with Crippen LogP contribution in [0.5, 0.6) is 0 Å². The van der Waals surface area contributed by atoms with Gasteiger partial charge >= 0.3 is 0 Å². The maximum absolute atomic E-state index is 12.1. The van der Waals surface area contributed by atoms with Crippen molar-refractivity contribution in [2.45, 2.75) is 26.7 Å². The minimum Gasteiger partial charge on any atom is -0.300 e. The Balaban J connectivity index is 2.81. The van der Waals surface area contributed by atoms with E-state index >= 15 is 0 Å². The van der Waals surface area contributed by atoms with E-state index in [0.29, 0.717) is 12.0 Å². The second kappa shape index (κ2) is 6.09. The average molecular weight is 232 g/mol. The fourth-order valence-electron chi connectivity index (χ4n) is 1.67. The number of hydrogen-bond acceptors (Lipinski definition) is 3. The van der Waals surface area contributed by atoms with Gasteiger partial charge in [0.25, 0.3) is 0 Å². The summed E-state index contributed by atoms with van der Waals surface area (Å²) in [7, 11) is 0. The Bertz CT molecular complexity index is 420. The lowest BCUT2D eigenvalue weighted by molar-refractivity contribution is -0.120. The number of carbonyl (C=O) groups is 3. The van der Waals surface area contributed by atoms with Gasteiger partial charge in [0.05, 0.1) is 5.92 Å². The Morgan fingerprint density at radius 3 is 2.12 bits per heavy atom. The van der Waals surface area contributed by atoms with Crippen LogP contribution in [0.4, 0.5) is 0 Å². The summed E-state index contributed by atoms with van der Waals surface area (Å²) in [4.78, 5) is 34.4. The van der Waals surface area contributed by atoms with Crippen molar-refractivity contribution in [3.8, 4) is 0 Å². The lowest BCUT2D eigenvalue weighted by Crippen LogP contribution is -2.22. The lowest BCUT2D eigenvalue weighted by Gasteiger charge is -2.11. The van der Waals surface area contributed by atoms with Gasteiger partial charge in [-0.3, -0.25) is 9.59 Å². The lowest BCUT2D eigenvalue weighted by atomic mass is 9.89. The van der Waals surface area contributed by atoms with Crippen LogP contribution in [0.2, 0.25) is 0 Å². The second-order valence-corrected chi connectivity index (χ2v) is 4.13. The van der Waals surface area contributed by atoms with Gasteiger partial charge < -0.3 is 4.79 Å². The number of benzene rings is 1. The average Bonchev–Trinajstić information content (AvgIpc) is 2.29. The molecule has 90 valence electrons. The van der Waals surface area contributed by atoms with Crippen molar-refractivity contribution in [2.75, 3.05) is 0 Å². The molecule has 0 N–H and O–H groups in total. The van der Waals surface area contributed by atoms with Crippen LogP contribution in [0.3, 0.4) is 0 Å². The van der Waals surface area contributed by atoms with Crippen molar-refractivity contribution in [1.29, 1.82) is 0 Å². The van der Waals surface area contributed by atoms with Crippen molar-refractivity contribution in [1.82, 2.24) is 0 Å². The predicted octanol–water partition coefficient (Wildman–Crippen LogP) is 2.44. The Hall–Kier alpha value is -1.77. The Morgan fingerprint density at radius 2 is 1.65 bits per heavy atom. The molecule has 0 bridgehead atoms. The molecule has 1 unspecified atom stereocenters. The van der Waals surface area contributed by atoms with Crippen molar-refractivity contribution in [3.63, 3.8) is 0 Å². The summed E-state index contributed by atoms with van der Waals surface area (Å²) in [5.41, 5.74) is 0.524. The largest absolute Gasteiger partial charge is 0.300 e. The molecule has 1 atom stereocenters. The summed E-state index contributed by atoms with van der Waals surface area (Å²) in [6, 6.07) is 8.71. The summed E-state index contributed by atoms with van der Waals surface area (Å²) in [6.45, 7) is 2.86. The van der Waals surface area contributed by atoms with E-state index in [9.17, 15) is 14.4 Å². The fourth-order valence-corrected chi connectivity index (χ4v) is 1.67. The van der Waals surface area contributed by atoms with Crippen LogP contribution in [0.1, 0.15) is 37.0 Å². The first-order chi connectivity index (χ1) is 8.02. The normalized spacial score (nSPS) is 11.9. The van der Waals surface area contributed by atoms with Gasteiger partial charge in [0.15, 0.2) is 5.78 Å². The van der Waals surface area contributed by atoms with E-state index in [4.69, 9.17) is 0 Å². The molecule has 0 spiro atoms. The molecule has 1 aromatic carbocycles. The third-order valence-electron chi connectivity index (χ3n) is 2.65. The summed E-state index contributed by atoms with van der Waals surface area (Å²) in [5.74, 6) is -1.07. The first kappa shape index (κ1) is 13.3. The van der Waals surface area contributed by atoms with Gasteiger partial charge in [0, 0.05) is 12.0 Å². The van der Waals surface area contributed by atoms with Crippen LogP contribution in [0, 0.1) is 5.92 Å². The molecule has 3 heteroatoms. The minimum atomic E-state index is -0.693. The molecule has 0 radical (unpaired) electrons. The van der Waals surface area contributed by atoms with Crippen LogP contribution in [-0.4, -0.2) is 17.3 Å². The maximum Gasteiger partial charge on any atom is 0.173 e. The second-order valence-electron chi connectivity index (χ2n) is 4.13. The molecule has 3 nitrogen and oxygen atoms in total. The van der Waals surface area contributed by atoms with Crippen molar-refractivity contribution in [3.05, 3.63) is 35.9 Å². The molecule has 0 heterocycles. The smallest absolute Gasteiger partial charge is 0.173 e. The molecular weight excluding hydrogens is 216 g/mol. The van der Waals surface area contributed by atoms with E-state index in [0.717, 1.165) is 0 Å². The maximum atomic E-state index is 12.1. The van der Waals surface area contributed by atoms with Crippen LogP contribution in [-0.2, 0) is 9.59 Å². The van der Waals surface area contributed by atoms with Crippen LogP contribution in [0.15, 0.2) is 30.3 Å². The van der Waals surface area contributed by atoms with Crippen LogP contribution < -0.4 is 0 Å². The van der Waals surface area contributed by atoms with E-state index in [1.165, 1.54) is 13.8 Å². The summed E-state index contributed by atoms with van der Waals surface area (Å²) in [6.07, 6.45) is 0.571. The highest BCUT2D eigenvalue weighted by atomic mass is 16.2. The topological polar surface area (TPSA) is 51.2 Å². The zero-order chi connectivity index (χ0) is 12.8. The van der Waals surface area contributed by atoms with Gasteiger partial charge in [0.2, 0.25) is 0 Å². The highest BCUT2D eigenvalue weighted by Gasteiger charge is 2.24. The molecule has 17 heavy (non-hydrogen) atoms. The van der Waals surface area contributed by atoms with Gasteiger partial charge in [-0.15, -0.1) is 0 Å². The van der Waals surface area contributed by atoms with E-state index < -0.39 is 5.92 Å². The number of Topliss-reactive ketones (excluding diaryl/α,β-unsaturated/α-hetero) is 3. The molecule has 1 aromatic rings. The van der Waals surface area contributed by atoms with Crippen molar-refractivity contribution >= 4 is 17.3 Å². The monoisotopic (exact) mass is 232 g/mol. The fraction of sp³-hybridized carbons (Fsp3) is 0.357. The molecule has 0 aliphatic rings. The quantitative estimate of drug-likeness (QED) is 0.559. The predicted molar refractivity (Wildman–Crippen MR) is 64.9 cm³/mol. The Morgan fingerprint density at radius 1 is 1.06 bits per heavy atom. The number of hydrogen-bond donors (Lipinski definition) is 0. The zero-order valence-corrected chi connectivity index (χ0v) is 10.1. The van der Waals surface area contributed by atoms with Gasteiger partial charge in [-0.05, 0) is 20.3 Å². The number of rotatable bonds is 6. The van der Waals surface area contributed by atoms with Crippen molar-refractivity contribution < 1.29 is 14.4 Å². The number of ketones is 3. The standard InChI is InChI=1S/C14H16O3/c1-10(15)8-9-13(11(2)16)14(17)12-6-4-3-5-7-12/h3-7,13H,8-9H2,1-2H3. The summed E-state index contributed by atoms with van der Waals surface area (Å²) >= 11 is 0. The van der Waals surface area contributed by atoms with E-state index in [1.807, 2.05) is 6.07 Å². The number of carbonyl (C=O) groups excluding carboxylic acids is 3. The van der Waals surface area contributed by atoms with E-state index in [2.05, 4.69) is 0 Å². The minimum absolute atomic E-state index is 0.00267. The van der Waals surface area contributed by atoms with Gasteiger partial charge in [-0.25, -0.2) is 0 Å². The van der Waals surface area contributed by atoms with Gasteiger partial charge in [-0.2, -0.15) is 0 Å². The molecule has 1 rings (SSSR count). The molecule has 0 aromatic heterocycles. The van der Waals surface area contributed by atoms with Crippen LogP contribution in [0.25, 0.3) is 0 Å². The van der Waals surface area contributed by atoms with Gasteiger partial charge in [-0.1, -0.05) is 30.3 Å².